The number of aliphatic hydroxyl groups is 2. The van der Waals surface area contributed by atoms with Crippen LogP contribution in [0.2, 0.25) is 0 Å². The topological polar surface area (TPSA) is 77.4 Å². The van der Waals surface area contributed by atoms with E-state index in [-0.39, 0.29) is 12.7 Å². The minimum absolute atomic E-state index is 0.366. The quantitative estimate of drug-likeness (QED) is 0.443. The Labute approximate surface area is 164 Å². The maximum Gasteiger partial charge on any atom is 0.190 e. The van der Waals surface area contributed by atoms with Crippen LogP contribution in [0.15, 0.2) is 0 Å². The average molecular weight is 389 g/mol. The highest BCUT2D eigenvalue weighted by Gasteiger charge is 2.56. The Kier molecular flexibility index (Phi) is 9.97. The van der Waals surface area contributed by atoms with Crippen LogP contribution < -0.4 is 0 Å². The molecule has 0 saturated carbocycles. The molecule has 0 aliphatic carbocycles. The second-order valence-corrected chi connectivity index (χ2v) is 8.34. The third kappa shape index (κ3) is 7.26. The summed E-state index contributed by atoms with van der Waals surface area (Å²) in [6, 6.07) is 0. The standard InChI is InChI=1S/C21H40O6/c1-4-5-6-7-8-9-10-11-12-13-14-24-18-17(16(23)15-22)25-20-19(18)26-21(2,3)27-20/h16-20,22-23H,4-15H2,1-3H3/t16-,17-,18-,19-,20-/m1/s1. The molecule has 0 radical (unpaired) electrons. The normalized spacial score (nSPS) is 30.6. The summed E-state index contributed by atoms with van der Waals surface area (Å²) >= 11 is 0. The molecule has 0 bridgehead atoms. The molecule has 0 aromatic rings. The molecular weight excluding hydrogens is 348 g/mol. The summed E-state index contributed by atoms with van der Waals surface area (Å²) in [5.41, 5.74) is 0. The molecule has 2 aliphatic heterocycles. The van der Waals surface area contributed by atoms with Gasteiger partial charge in [0.25, 0.3) is 0 Å². The van der Waals surface area contributed by atoms with E-state index in [1.165, 1.54) is 51.4 Å². The van der Waals surface area contributed by atoms with Crippen molar-refractivity contribution in [3.63, 3.8) is 0 Å². The smallest absolute Gasteiger partial charge is 0.190 e. The Morgan fingerprint density at radius 1 is 0.926 bits per heavy atom. The van der Waals surface area contributed by atoms with Gasteiger partial charge in [-0.3, -0.25) is 0 Å². The highest BCUT2D eigenvalue weighted by Crippen LogP contribution is 2.39. The van der Waals surface area contributed by atoms with E-state index in [9.17, 15) is 10.2 Å². The van der Waals surface area contributed by atoms with E-state index in [1.807, 2.05) is 13.8 Å². The Morgan fingerprint density at radius 3 is 2.11 bits per heavy atom. The number of aliphatic hydroxyl groups excluding tert-OH is 2. The second kappa shape index (κ2) is 11.7. The molecule has 27 heavy (non-hydrogen) atoms. The van der Waals surface area contributed by atoms with E-state index in [1.54, 1.807) is 0 Å². The average Bonchev–Trinajstić information content (AvgIpc) is 3.11. The van der Waals surface area contributed by atoms with Crippen molar-refractivity contribution in [2.75, 3.05) is 13.2 Å². The van der Waals surface area contributed by atoms with E-state index < -0.39 is 30.4 Å². The first-order chi connectivity index (χ1) is 13.0. The molecule has 0 aromatic carbocycles. The highest BCUT2D eigenvalue weighted by atomic mass is 16.8. The monoisotopic (exact) mass is 388 g/mol. The molecule has 6 nitrogen and oxygen atoms in total. The van der Waals surface area contributed by atoms with Crippen molar-refractivity contribution in [3.8, 4) is 0 Å². The number of hydrogen-bond donors (Lipinski definition) is 2. The largest absolute Gasteiger partial charge is 0.394 e. The molecule has 2 heterocycles. The number of hydrogen-bond acceptors (Lipinski definition) is 6. The van der Waals surface area contributed by atoms with Gasteiger partial charge in [-0.2, -0.15) is 0 Å². The first kappa shape index (κ1) is 23.0. The van der Waals surface area contributed by atoms with Gasteiger partial charge in [-0.25, -0.2) is 0 Å². The van der Waals surface area contributed by atoms with Gasteiger partial charge in [-0.05, 0) is 20.3 Å². The van der Waals surface area contributed by atoms with Crippen LogP contribution in [0.1, 0.15) is 85.0 Å². The minimum Gasteiger partial charge on any atom is -0.394 e. The summed E-state index contributed by atoms with van der Waals surface area (Å²) < 4.78 is 23.4. The number of ether oxygens (including phenoxy) is 4. The van der Waals surface area contributed by atoms with Gasteiger partial charge in [-0.15, -0.1) is 0 Å². The van der Waals surface area contributed by atoms with Crippen LogP contribution in [0.25, 0.3) is 0 Å². The minimum atomic E-state index is -0.997. The lowest BCUT2D eigenvalue weighted by Gasteiger charge is -2.28. The lowest BCUT2D eigenvalue weighted by atomic mass is 10.1. The third-order valence-electron chi connectivity index (χ3n) is 5.40. The molecule has 2 N–H and O–H groups in total. The second-order valence-electron chi connectivity index (χ2n) is 8.34. The van der Waals surface area contributed by atoms with E-state index in [0.717, 1.165) is 12.8 Å². The molecule has 2 saturated heterocycles. The van der Waals surface area contributed by atoms with Gasteiger partial charge in [0.05, 0.1) is 6.61 Å². The molecule has 0 aromatic heterocycles. The zero-order valence-corrected chi connectivity index (χ0v) is 17.4. The predicted molar refractivity (Wildman–Crippen MR) is 103 cm³/mol. The summed E-state index contributed by atoms with van der Waals surface area (Å²) in [4.78, 5) is 0. The first-order valence-corrected chi connectivity index (χ1v) is 10.9. The fraction of sp³-hybridized carbons (Fsp3) is 1.00. The van der Waals surface area contributed by atoms with Crippen LogP contribution >= 0.6 is 0 Å². The van der Waals surface area contributed by atoms with Crippen LogP contribution in [0.3, 0.4) is 0 Å². The molecule has 0 spiro atoms. The SMILES string of the molecule is CCCCCCCCCCCCO[C@H]1[C@H]2OC(C)(C)O[C@H]2O[C@@H]1[C@H](O)CO. The van der Waals surface area contributed by atoms with E-state index >= 15 is 0 Å². The Hall–Kier alpha value is -0.240. The molecule has 2 aliphatic rings. The summed E-state index contributed by atoms with van der Waals surface area (Å²) in [6.45, 7) is 6.16. The fourth-order valence-electron chi connectivity index (χ4n) is 3.92. The molecule has 5 atom stereocenters. The van der Waals surface area contributed by atoms with Gasteiger partial charge in [0.1, 0.15) is 24.4 Å². The van der Waals surface area contributed by atoms with Crippen molar-refractivity contribution >= 4 is 0 Å². The van der Waals surface area contributed by atoms with E-state index in [0.29, 0.717) is 6.61 Å². The predicted octanol–water partition coefficient (Wildman–Crippen LogP) is 3.52. The molecular formula is C21H40O6. The van der Waals surface area contributed by atoms with Crippen molar-refractivity contribution in [2.45, 2.75) is 121 Å². The molecule has 2 fully saturated rings. The van der Waals surface area contributed by atoms with Gasteiger partial charge in [0.15, 0.2) is 12.1 Å². The van der Waals surface area contributed by atoms with Crippen molar-refractivity contribution < 1.29 is 29.2 Å². The Balaban J connectivity index is 1.61. The molecule has 6 heteroatoms. The summed E-state index contributed by atoms with van der Waals surface area (Å²) in [6.07, 6.45) is 9.79. The lowest BCUT2D eigenvalue weighted by molar-refractivity contribution is -0.231. The van der Waals surface area contributed by atoms with E-state index in [2.05, 4.69) is 6.92 Å². The van der Waals surface area contributed by atoms with Crippen LogP contribution in [0.4, 0.5) is 0 Å². The number of fused-ring (bicyclic) bond motifs is 1. The first-order valence-electron chi connectivity index (χ1n) is 10.9. The van der Waals surface area contributed by atoms with Crippen LogP contribution in [0, 0.1) is 0 Å². The van der Waals surface area contributed by atoms with Gasteiger partial charge in [0, 0.05) is 6.61 Å². The third-order valence-corrected chi connectivity index (χ3v) is 5.40. The molecule has 0 amide bonds. The summed E-state index contributed by atoms with van der Waals surface area (Å²) in [7, 11) is 0. The summed E-state index contributed by atoms with van der Waals surface area (Å²) in [5, 5.41) is 19.3. The van der Waals surface area contributed by atoms with Gasteiger partial charge in [0.2, 0.25) is 0 Å². The zero-order chi connectivity index (χ0) is 19.7. The highest BCUT2D eigenvalue weighted by molar-refractivity contribution is 4.96. The van der Waals surface area contributed by atoms with Crippen LogP contribution in [0.5, 0.6) is 0 Å². The summed E-state index contributed by atoms with van der Waals surface area (Å²) in [5.74, 6) is -0.719. The van der Waals surface area contributed by atoms with Gasteiger partial charge < -0.3 is 29.2 Å². The van der Waals surface area contributed by atoms with Crippen molar-refractivity contribution in [2.24, 2.45) is 0 Å². The molecule has 0 unspecified atom stereocenters. The Bertz CT molecular complexity index is 402. The molecule has 160 valence electrons. The van der Waals surface area contributed by atoms with Crippen molar-refractivity contribution in [1.82, 2.24) is 0 Å². The lowest BCUT2D eigenvalue weighted by Crippen LogP contribution is -2.44. The zero-order valence-electron chi connectivity index (χ0n) is 17.4. The van der Waals surface area contributed by atoms with Gasteiger partial charge >= 0.3 is 0 Å². The van der Waals surface area contributed by atoms with Crippen molar-refractivity contribution in [3.05, 3.63) is 0 Å². The maximum absolute atomic E-state index is 10.0. The maximum atomic E-state index is 10.0. The number of rotatable bonds is 14. The van der Waals surface area contributed by atoms with Crippen molar-refractivity contribution in [1.29, 1.82) is 0 Å². The van der Waals surface area contributed by atoms with Gasteiger partial charge in [-0.1, -0.05) is 64.7 Å². The fourth-order valence-corrected chi connectivity index (χ4v) is 3.92. The van der Waals surface area contributed by atoms with E-state index in [4.69, 9.17) is 18.9 Å². The Morgan fingerprint density at radius 2 is 1.52 bits per heavy atom. The number of unbranched alkanes of at least 4 members (excludes halogenated alkanes) is 9. The van der Waals surface area contributed by atoms with Crippen LogP contribution in [-0.2, 0) is 18.9 Å². The van der Waals surface area contributed by atoms with Crippen LogP contribution in [-0.4, -0.2) is 59.9 Å². The molecule has 2 rings (SSSR count).